The second-order valence-electron chi connectivity index (χ2n) is 5.69. The first kappa shape index (κ1) is 18.3. The van der Waals surface area contributed by atoms with Gasteiger partial charge in [0, 0.05) is 31.9 Å². The van der Waals surface area contributed by atoms with E-state index in [-0.39, 0.29) is 4.90 Å². The van der Waals surface area contributed by atoms with Crippen molar-refractivity contribution in [1.82, 2.24) is 9.97 Å². The molecule has 2 heterocycles. The molecule has 10 heteroatoms. The van der Waals surface area contributed by atoms with Crippen LogP contribution in [-0.4, -0.2) is 57.4 Å². The molecule has 1 aromatic carbocycles. The zero-order chi connectivity index (χ0) is 18.7. The Bertz CT molecular complexity index is 854. The van der Waals surface area contributed by atoms with E-state index in [0.29, 0.717) is 32.1 Å². The summed E-state index contributed by atoms with van der Waals surface area (Å²) in [6.45, 7) is 2.75. The number of benzene rings is 1. The van der Waals surface area contributed by atoms with E-state index in [9.17, 15) is 17.2 Å². The van der Waals surface area contributed by atoms with Crippen LogP contribution >= 0.6 is 0 Å². The van der Waals surface area contributed by atoms with Crippen molar-refractivity contribution in [2.75, 3.05) is 43.1 Å². The van der Waals surface area contributed by atoms with Gasteiger partial charge in [-0.15, -0.1) is 0 Å². The van der Waals surface area contributed by atoms with Gasteiger partial charge in [-0.2, -0.15) is 13.8 Å². The number of aromatic nitrogens is 2. The Labute approximate surface area is 150 Å². The molecule has 0 unspecified atom stereocenters. The third kappa shape index (κ3) is 3.69. The standard InChI is InChI=1S/C16H18F2N4O3S/c1-25-15-11-19-10-14(20-15)22-8-6-21(7-9-22)12-2-4-13(5-3-12)26(23,24)16(17)18/h2-5,10-11,16H,6-9H2,1H3. The lowest BCUT2D eigenvalue weighted by atomic mass is 10.2. The fourth-order valence-corrected chi connectivity index (χ4v) is 3.45. The van der Waals surface area contributed by atoms with Gasteiger partial charge in [0.25, 0.3) is 0 Å². The highest BCUT2D eigenvalue weighted by molar-refractivity contribution is 7.91. The second kappa shape index (κ2) is 7.40. The maximum absolute atomic E-state index is 12.6. The van der Waals surface area contributed by atoms with Crippen LogP contribution in [0.5, 0.6) is 5.88 Å². The quantitative estimate of drug-likeness (QED) is 0.778. The summed E-state index contributed by atoms with van der Waals surface area (Å²) in [5, 5.41) is 0. The van der Waals surface area contributed by atoms with Gasteiger partial charge in [-0.1, -0.05) is 0 Å². The molecule has 0 atom stereocenters. The Morgan fingerprint density at radius 2 is 1.65 bits per heavy atom. The molecule has 0 N–H and O–H groups in total. The number of piperazine rings is 1. The predicted octanol–water partition coefficient (Wildman–Crippen LogP) is 1.81. The minimum Gasteiger partial charge on any atom is -0.480 e. The van der Waals surface area contributed by atoms with Crippen LogP contribution in [0.4, 0.5) is 20.3 Å². The van der Waals surface area contributed by atoms with Crippen molar-refractivity contribution in [1.29, 1.82) is 0 Å². The van der Waals surface area contributed by atoms with Crippen LogP contribution in [0.2, 0.25) is 0 Å². The van der Waals surface area contributed by atoms with E-state index in [1.54, 1.807) is 18.3 Å². The number of hydrogen-bond acceptors (Lipinski definition) is 7. The van der Waals surface area contributed by atoms with E-state index in [0.717, 1.165) is 11.5 Å². The SMILES string of the molecule is COc1cncc(N2CCN(c3ccc(S(=O)(=O)C(F)F)cc3)CC2)n1. The number of halogens is 2. The minimum atomic E-state index is -4.56. The van der Waals surface area contributed by atoms with E-state index in [4.69, 9.17) is 4.74 Å². The zero-order valence-electron chi connectivity index (χ0n) is 14.0. The van der Waals surface area contributed by atoms with Crippen molar-refractivity contribution < 1.29 is 21.9 Å². The fourth-order valence-electron chi connectivity index (χ4n) is 2.73. The van der Waals surface area contributed by atoms with Gasteiger partial charge >= 0.3 is 5.76 Å². The molecule has 1 aromatic heterocycles. The molecule has 2 aromatic rings. The largest absolute Gasteiger partial charge is 0.480 e. The number of ether oxygens (including phenoxy) is 1. The van der Waals surface area contributed by atoms with Crippen molar-refractivity contribution in [2.45, 2.75) is 10.7 Å². The highest BCUT2D eigenvalue weighted by Crippen LogP contribution is 2.24. The van der Waals surface area contributed by atoms with Crippen LogP contribution in [-0.2, 0) is 9.84 Å². The third-order valence-corrected chi connectivity index (χ3v) is 5.58. The number of nitrogens with zero attached hydrogens (tertiary/aromatic N) is 4. The number of sulfone groups is 1. The van der Waals surface area contributed by atoms with Crippen molar-refractivity contribution in [2.24, 2.45) is 0 Å². The zero-order valence-corrected chi connectivity index (χ0v) is 14.9. The van der Waals surface area contributed by atoms with Gasteiger partial charge in [0.1, 0.15) is 0 Å². The first-order valence-corrected chi connectivity index (χ1v) is 9.44. The summed E-state index contributed by atoms with van der Waals surface area (Å²) in [6, 6.07) is 5.54. The van der Waals surface area contributed by atoms with Crippen molar-refractivity contribution in [3.8, 4) is 5.88 Å². The van der Waals surface area contributed by atoms with E-state index in [1.807, 2.05) is 0 Å². The number of alkyl halides is 2. The van der Waals surface area contributed by atoms with Crippen LogP contribution in [0.3, 0.4) is 0 Å². The maximum atomic E-state index is 12.6. The Kier molecular flexibility index (Phi) is 5.21. The average molecular weight is 384 g/mol. The third-order valence-electron chi connectivity index (χ3n) is 4.18. The van der Waals surface area contributed by atoms with Crippen molar-refractivity contribution >= 4 is 21.3 Å². The van der Waals surface area contributed by atoms with Gasteiger partial charge < -0.3 is 14.5 Å². The summed E-state index contributed by atoms with van der Waals surface area (Å²) >= 11 is 0. The molecule has 0 aliphatic carbocycles. The average Bonchev–Trinajstić information content (AvgIpc) is 2.68. The first-order valence-electron chi connectivity index (χ1n) is 7.90. The van der Waals surface area contributed by atoms with Gasteiger partial charge in [-0.25, -0.2) is 8.42 Å². The topological polar surface area (TPSA) is 75.6 Å². The van der Waals surface area contributed by atoms with E-state index in [2.05, 4.69) is 19.8 Å². The molecule has 1 aliphatic rings. The van der Waals surface area contributed by atoms with Crippen LogP contribution in [0.1, 0.15) is 0 Å². The molecule has 26 heavy (non-hydrogen) atoms. The first-order chi connectivity index (χ1) is 12.4. The lowest BCUT2D eigenvalue weighted by Crippen LogP contribution is -2.46. The van der Waals surface area contributed by atoms with Gasteiger partial charge in [0.2, 0.25) is 15.7 Å². The van der Waals surface area contributed by atoms with Gasteiger partial charge in [-0.3, -0.25) is 4.98 Å². The summed E-state index contributed by atoms with van der Waals surface area (Å²) < 4.78 is 53.2. The summed E-state index contributed by atoms with van der Waals surface area (Å²) in [4.78, 5) is 12.2. The van der Waals surface area contributed by atoms with Gasteiger partial charge in [0.15, 0.2) is 5.82 Å². The molecule has 0 saturated carbocycles. The molecule has 0 amide bonds. The monoisotopic (exact) mass is 384 g/mol. The fraction of sp³-hybridized carbons (Fsp3) is 0.375. The molecule has 0 bridgehead atoms. The maximum Gasteiger partial charge on any atom is 0.341 e. The highest BCUT2D eigenvalue weighted by atomic mass is 32.2. The number of rotatable bonds is 5. The van der Waals surface area contributed by atoms with Crippen molar-refractivity contribution in [3.63, 3.8) is 0 Å². The van der Waals surface area contributed by atoms with Crippen LogP contribution in [0.15, 0.2) is 41.6 Å². The summed E-state index contributed by atoms with van der Waals surface area (Å²) in [5.41, 5.74) is 0.787. The Hall–Kier alpha value is -2.49. The second-order valence-corrected chi connectivity index (χ2v) is 7.61. The number of anilines is 2. The molecule has 3 rings (SSSR count). The number of methoxy groups -OCH3 is 1. The molecular formula is C16H18F2N4O3S. The van der Waals surface area contributed by atoms with Crippen molar-refractivity contribution in [3.05, 3.63) is 36.7 Å². The summed E-state index contributed by atoms with van der Waals surface area (Å²) in [5.74, 6) is -2.25. The summed E-state index contributed by atoms with van der Waals surface area (Å²) in [7, 11) is -3.03. The van der Waals surface area contributed by atoms with Crippen LogP contribution < -0.4 is 14.5 Å². The highest BCUT2D eigenvalue weighted by Gasteiger charge is 2.27. The molecule has 0 spiro atoms. The van der Waals surface area contributed by atoms with E-state index >= 15 is 0 Å². The molecule has 1 fully saturated rings. The molecule has 140 valence electrons. The summed E-state index contributed by atoms with van der Waals surface area (Å²) in [6.07, 6.45) is 3.21. The molecule has 1 saturated heterocycles. The van der Waals surface area contributed by atoms with Gasteiger partial charge in [0.05, 0.1) is 24.4 Å². The minimum absolute atomic E-state index is 0.374. The molecule has 0 radical (unpaired) electrons. The molecular weight excluding hydrogens is 366 g/mol. The normalized spacial score (nSPS) is 15.4. The predicted molar refractivity (Wildman–Crippen MR) is 92.6 cm³/mol. The number of hydrogen-bond donors (Lipinski definition) is 0. The lowest BCUT2D eigenvalue weighted by molar-refractivity contribution is 0.234. The lowest BCUT2D eigenvalue weighted by Gasteiger charge is -2.36. The van der Waals surface area contributed by atoms with E-state index in [1.165, 1.54) is 25.4 Å². The Morgan fingerprint density at radius 1 is 1.04 bits per heavy atom. The van der Waals surface area contributed by atoms with Gasteiger partial charge in [-0.05, 0) is 24.3 Å². The Balaban J connectivity index is 1.66. The molecule has 7 nitrogen and oxygen atoms in total. The Morgan fingerprint density at radius 3 is 2.23 bits per heavy atom. The smallest absolute Gasteiger partial charge is 0.341 e. The molecule has 1 aliphatic heterocycles. The van der Waals surface area contributed by atoms with Crippen LogP contribution in [0, 0.1) is 0 Å². The van der Waals surface area contributed by atoms with E-state index < -0.39 is 15.6 Å². The van der Waals surface area contributed by atoms with Crippen LogP contribution in [0.25, 0.3) is 0 Å².